The van der Waals surface area contributed by atoms with Crippen molar-refractivity contribution in [2.45, 2.75) is 19.5 Å². The Hall–Kier alpha value is -2.09. The molecular weight excluding hydrogens is 286 g/mol. The Morgan fingerprint density at radius 3 is 2.68 bits per heavy atom. The van der Waals surface area contributed by atoms with Crippen molar-refractivity contribution in [2.75, 3.05) is 26.3 Å². The summed E-state index contributed by atoms with van der Waals surface area (Å²) >= 11 is 0. The number of carbonyl (C=O) groups is 2. The van der Waals surface area contributed by atoms with Crippen molar-refractivity contribution in [1.29, 1.82) is 0 Å². The van der Waals surface area contributed by atoms with Crippen LogP contribution in [-0.2, 0) is 14.3 Å². The summed E-state index contributed by atoms with van der Waals surface area (Å²) < 4.78 is 5.37. The fraction of sp³-hybridized carbons (Fsp3) is 0.643. The lowest BCUT2D eigenvalue weighted by atomic mass is 9.65. The van der Waals surface area contributed by atoms with Gasteiger partial charge >= 0.3 is 0 Å². The summed E-state index contributed by atoms with van der Waals surface area (Å²) in [5, 5.41) is 5.78. The monoisotopic (exact) mass is 305 g/mol. The van der Waals surface area contributed by atoms with Gasteiger partial charge in [0.1, 0.15) is 22.7 Å². The van der Waals surface area contributed by atoms with Gasteiger partial charge in [0.2, 0.25) is 5.91 Å². The molecule has 4 aliphatic heterocycles. The van der Waals surface area contributed by atoms with Crippen LogP contribution in [0, 0.1) is 11.3 Å². The van der Waals surface area contributed by atoms with Gasteiger partial charge < -0.3 is 26.0 Å². The van der Waals surface area contributed by atoms with Gasteiger partial charge in [-0.25, -0.2) is 4.99 Å². The number of amidine groups is 1. The zero-order valence-electron chi connectivity index (χ0n) is 12.6. The number of ether oxygens (including phenoxy) is 1. The van der Waals surface area contributed by atoms with Gasteiger partial charge in [-0.3, -0.25) is 9.59 Å². The zero-order chi connectivity index (χ0) is 15.7. The summed E-state index contributed by atoms with van der Waals surface area (Å²) in [5.74, 6) is 0.0321. The first-order valence-electron chi connectivity index (χ1n) is 7.48. The number of fused-ring (bicyclic) bond motifs is 1. The van der Waals surface area contributed by atoms with Gasteiger partial charge in [0, 0.05) is 19.0 Å². The van der Waals surface area contributed by atoms with E-state index in [1.165, 1.54) is 0 Å². The van der Waals surface area contributed by atoms with Crippen molar-refractivity contribution >= 4 is 17.6 Å². The Labute approximate surface area is 127 Å². The quantitative estimate of drug-likeness (QED) is 0.505. The van der Waals surface area contributed by atoms with Crippen molar-refractivity contribution < 1.29 is 14.3 Å². The third-order valence-corrected chi connectivity index (χ3v) is 5.39. The molecule has 3 unspecified atom stereocenters. The average Bonchev–Trinajstić information content (AvgIpc) is 2.85. The lowest BCUT2D eigenvalue weighted by molar-refractivity contribution is -0.127. The molecule has 4 aliphatic rings. The van der Waals surface area contributed by atoms with Crippen LogP contribution in [0.5, 0.6) is 0 Å². The first-order chi connectivity index (χ1) is 10.4. The van der Waals surface area contributed by atoms with Gasteiger partial charge in [0.05, 0.1) is 18.8 Å². The molecule has 22 heavy (non-hydrogen) atoms. The van der Waals surface area contributed by atoms with Crippen molar-refractivity contribution in [3.63, 3.8) is 0 Å². The summed E-state index contributed by atoms with van der Waals surface area (Å²) in [6.07, 6.45) is 0. The third kappa shape index (κ3) is 1.34. The topological polar surface area (TPSA) is 109 Å². The molecule has 8 heteroatoms. The maximum atomic E-state index is 12.9. The molecule has 4 heterocycles. The molecule has 0 saturated carbocycles. The first-order valence-corrected chi connectivity index (χ1v) is 7.48. The molecular formula is C14H19N5O3. The number of nitrogens with two attached hydrogens (primary N) is 1. The van der Waals surface area contributed by atoms with Gasteiger partial charge in [-0.15, -0.1) is 0 Å². The summed E-state index contributed by atoms with van der Waals surface area (Å²) in [6, 6.07) is 0. The van der Waals surface area contributed by atoms with Crippen LogP contribution in [-0.4, -0.2) is 54.5 Å². The number of hydrogen-bond donors (Lipinski definition) is 3. The number of nitrogens with one attached hydrogen (secondary N) is 2. The van der Waals surface area contributed by atoms with Crippen molar-refractivity contribution in [1.82, 2.24) is 15.5 Å². The zero-order valence-corrected chi connectivity index (χ0v) is 12.6. The van der Waals surface area contributed by atoms with Crippen LogP contribution in [0.15, 0.2) is 16.4 Å². The number of nitrogens with zero attached hydrogens (tertiary/aromatic N) is 2. The molecule has 2 bridgehead atoms. The Morgan fingerprint density at radius 1 is 1.32 bits per heavy atom. The van der Waals surface area contributed by atoms with Crippen LogP contribution in [0.2, 0.25) is 0 Å². The van der Waals surface area contributed by atoms with Crippen molar-refractivity contribution in [2.24, 2.45) is 22.1 Å². The highest BCUT2D eigenvalue weighted by Crippen LogP contribution is 2.54. The maximum Gasteiger partial charge on any atom is 0.254 e. The molecule has 3 atom stereocenters. The molecule has 3 saturated heterocycles. The minimum atomic E-state index is -1.08. The molecule has 0 aromatic heterocycles. The molecule has 0 radical (unpaired) electrons. The van der Waals surface area contributed by atoms with E-state index in [9.17, 15) is 9.59 Å². The van der Waals surface area contributed by atoms with Crippen molar-refractivity contribution in [3.05, 3.63) is 11.4 Å². The highest BCUT2D eigenvalue weighted by molar-refractivity contribution is 6.23. The summed E-state index contributed by atoms with van der Waals surface area (Å²) in [4.78, 5) is 31.8. The van der Waals surface area contributed by atoms with E-state index in [1.807, 2.05) is 18.7 Å². The molecule has 4 N–H and O–H groups in total. The number of amides is 2. The third-order valence-electron chi connectivity index (χ3n) is 5.39. The SMILES string of the molecule is CC1C2(C)NC(=O)C3=C(N)N=C(N4CCOCC4)C31C(=O)N2. The molecule has 0 aliphatic carbocycles. The number of rotatable bonds is 0. The van der Waals surface area contributed by atoms with E-state index in [-0.39, 0.29) is 29.1 Å². The van der Waals surface area contributed by atoms with Crippen LogP contribution in [0.4, 0.5) is 0 Å². The number of morpholine rings is 1. The van der Waals surface area contributed by atoms with E-state index < -0.39 is 11.1 Å². The Balaban J connectivity index is 1.89. The van der Waals surface area contributed by atoms with Crippen LogP contribution >= 0.6 is 0 Å². The Bertz CT molecular complexity index is 651. The molecule has 8 nitrogen and oxygen atoms in total. The number of hydrogen-bond acceptors (Lipinski definition) is 6. The van der Waals surface area contributed by atoms with E-state index in [0.29, 0.717) is 32.1 Å². The first kappa shape index (κ1) is 13.6. The second kappa shape index (κ2) is 4.01. The lowest BCUT2D eigenvalue weighted by Gasteiger charge is -2.43. The van der Waals surface area contributed by atoms with Crippen LogP contribution in [0.25, 0.3) is 0 Å². The summed E-state index contributed by atoms with van der Waals surface area (Å²) in [7, 11) is 0. The number of carbonyl (C=O) groups excluding carboxylic acids is 2. The fourth-order valence-electron chi connectivity index (χ4n) is 4.10. The molecule has 3 fully saturated rings. The largest absolute Gasteiger partial charge is 0.383 e. The normalized spacial score (nSPS) is 40.4. The van der Waals surface area contributed by atoms with Crippen LogP contribution in [0.3, 0.4) is 0 Å². The summed E-state index contributed by atoms with van der Waals surface area (Å²) in [5.41, 5.74) is 4.44. The highest BCUT2D eigenvalue weighted by atomic mass is 16.5. The second-order valence-electron chi connectivity index (χ2n) is 6.44. The fourth-order valence-corrected chi connectivity index (χ4v) is 4.10. The molecule has 2 amide bonds. The maximum absolute atomic E-state index is 12.9. The smallest absolute Gasteiger partial charge is 0.254 e. The minimum Gasteiger partial charge on any atom is -0.383 e. The predicted molar refractivity (Wildman–Crippen MR) is 77.3 cm³/mol. The number of piperidine rings is 1. The standard InChI is InChI=1S/C14H19N5O3/c1-7-13(2)17-10(20)8-9(15)16-11(14(7,8)12(21)18-13)19-3-5-22-6-4-19/h7H,3-6,15H2,1-2H3,(H,17,20)(H,18,21). The highest BCUT2D eigenvalue weighted by Gasteiger charge is 2.71. The van der Waals surface area contributed by atoms with Gasteiger partial charge in [-0.1, -0.05) is 6.92 Å². The van der Waals surface area contributed by atoms with E-state index in [4.69, 9.17) is 10.5 Å². The van der Waals surface area contributed by atoms with Crippen LogP contribution < -0.4 is 16.4 Å². The van der Waals surface area contributed by atoms with Crippen molar-refractivity contribution in [3.8, 4) is 0 Å². The Morgan fingerprint density at radius 2 is 2.00 bits per heavy atom. The second-order valence-corrected chi connectivity index (χ2v) is 6.44. The van der Waals surface area contributed by atoms with Crippen LogP contribution in [0.1, 0.15) is 13.8 Å². The van der Waals surface area contributed by atoms with Gasteiger partial charge in [-0.2, -0.15) is 0 Å². The average molecular weight is 305 g/mol. The lowest BCUT2D eigenvalue weighted by Crippen LogP contribution is -2.63. The summed E-state index contributed by atoms with van der Waals surface area (Å²) in [6.45, 7) is 6.20. The molecule has 0 aromatic carbocycles. The molecule has 0 aromatic rings. The van der Waals surface area contributed by atoms with E-state index in [1.54, 1.807) is 0 Å². The van der Waals surface area contributed by atoms with E-state index in [2.05, 4.69) is 15.6 Å². The van der Waals surface area contributed by atoms with Gasteiger partial charge in [0.15, 0.2) is 0 Å². The Kier molecular flexibility index (Phi) is 2.47. The molecule has 1 spiro atoms. The molecule has 4 rings (SSSR count). The number of aliphatic imine (C=N–C) groups is 1. The molecule has 118 valence electrons. The van der Waals surface area contributed by atoms with Gasteiger partial charge in [0.25, 0.3) is 5.91 Å². The van der Waals surface area contributed by atoms with E-state index >= 15 is 0 Å². The van der Waals surface area contributed by atoms with Gasteiger partial charge in [-0.05, 0) is 6.92 Å². The minimum absolute atomic E-state index is 0.143. The predicted octanol–water partition coefficient (Wildman–Crippen LogP) is -1.50. The van der Waals surface area contributed by atoms with E-state index in [0.717, 1.165) is 0 Å².